The molecule has 0 bridgehead atoms. The summed E-state index contributed by atoms with van der Waals surface area (Å²) >= 11 is 1.86. The average Bonchev–Trinajstić information content (AvgIpc) is 2.18. The molecule has 0 aliphatic rings. The van der Waals surface area contributed by atoms with Gasteiger partial charge in [-0.2, -0.15) is 11.8 Å². The van der Waals surface area contributed by atoms with E-state index < -0.39 is 0 Å². The number of rotatable bonds is 6. The highest BCUT2D eigenvalue weighted by atomic mass is 32.2. The molecule has 0 saturated carbocycles. The lowest BCUT2D eigenvalue weighted by Gasteiger charge is -2.01. The fourth-order valence-corrected chi connectivity index (χ4v) is 1.90. The Kier molecular flexibility index (Phi) is 5.40. The number of methoxy groups -OCH3 is 1. The summed E-state index contributed by atoms with van der Waals surface area (Å²) in [5, 5.41) is 0. The zero-order valence-corrected chi connectivity index (χ0v) is 9.22. The summed E-state index contributed by atoms with van der Waals surface area (Å²) in [7, 11) is 1.73. The molecule has 0 aromatic carbocycles. The molecule has 0 atom stereocenters. The molecule has 14 heavy (non-hydrogen) atoms. The average molecular weight is 212 g/mol. The number of nitrogens with zero attached hydrogens (tertiary/aromatic N) is 1. The maximum Gasteiger partial charge on any atom is 0.123 e. The Balaban J connectivity index is 2.18. The number of nitrogen functional groups attached to an aromatic ring is 1. The second-order valence-electron chi connectivity index (χ2n) is 2.95. The Morgan fingerprint density at radius 3 is 3.07 bits per heavy atom. The topological polar surface area (TPSA) is 48.1 Å². The van der Waals surface area contributed by atoms with Gasteiger partial charge in [0.2, 0.25) is 0 Å². The maximum absolute atomic E-state index is 5.57. The molecule has 0 amide bonds. The van der Waals surface area contributed by atoms with Gasteiger partial charge in [0.25, 0.3) is 0 Å². The highest BCUT2D eigenvalue weighted by molar-refractivity contribution is 7.98. The molecular formula is C10H16N2OS. The Morgan fingerprint density at radius 1 is 1.50 bits per heavy atom. The molecule has 2 N–H and O–H groups in total. The first-order valence-electron chi connectivity index (χ1n) is 4.61. The Bertz CT molecular complexity index is 268. The van der Waals surface area contributed by atoms with Gasteiger partial charge in [-0.05, 0) is 24.3 Å². The van der Waals surface area contributed by atoms with Crippen molar-refractivity contribution in [3.63, 3.8) is 0 Å². The fourth-order valence-electron chi connectivity index (χ4n) is 1.06. The van der Waals surface area contributed by atoms with Crippen LogP contribution in [0.1, 0.15) is 12.1 Å². The van der Waals surface area contributed by atoms with Crippen LogP contribution in [0.3, 0.4) is 0 Å². The molecule has 1 aromatic rings. The van der Waals surface area contributed by atoms with Crippen LogP contribution in [0.25, 0.3) is 0 Å². The maximum atomic E-state index is 5.57. The molecule has 4 heteroatoms. The van der Waals surface area contributed by atoms with Crippen LogP contribution in [0, 0.1) is 0 Å². The molecule has 3 nitrogen and oxygen atoms in total. The summed E-state index contributed by atoms with van der Waals surface area (Å²) < 4.78 is 4.96. The van der Waals surface area contributed by atoms with Gasteiger partial charge in [0.15, 0.2) is 0 Å². The zero-order chi connectivity index (χ0) is 10.2. The minimum Gasteiger partial charge on any atom is -0.385 e. The van der Waals surface area contributed by atoms with E-state index in [-0.39, 0.29) is 0 Å². The van der Waals surface area contributed by atoms with Crippen molar-refractivity contribution in [2.45, 2.75) is 12.2 Å². The molecule has 0 aliphatic heterocycles. The van der Waals surface area contributed by atoms with Crippen molar-refractivity contribution in [3.8, 4) is 0 Å². The predicted octanol–water partition coefficient (Wildman–Crippen LogP) is 1.93. The largest absolute Gasteiger partial charge is 0.385 e. The lowest BCUT2D eigenvalue weighted by atomic mass is 10.4. The lowest BCUT2D eigenvalue weighted by Crippen LogP contribution is -1.95. The van der Waals surface area contributed by atoms with E-state index >= 15 is 0 Å². The van der Waals surface area contributed by atoms with Gasteiger partial charge in [-0.3, -0.25) is 0 Å². The van der Waals surface area contributed by atoms with E-state index in [2.05, 4.69) is 4.98 Å². The second kappa shape index (κ2) is 6.68. The van der Waals surface area contributed by atoms with Crippen molar-refractivity contribution in [1.29, 1.82) is 0 Å². The van der Waals surface area contributed by atoms with Crippen molar-refractivity contribution >= 4 is 17.6 Å². The first kappa shape index (κ1) is 11.3. The smallest absolute Gasteiger partial charge is 0.123 e. The fraction of sp³-hybridized carbons (Fsp3) is 0.500. The Labute approximate surface area is 89.1 Å². The van der Waals surface area contributed by atoms with E-state index in [4.69, 9.17) is 10.5 Å². The van der Waals surface area contributed by atoms with Crippen LogP contribution in [0.2, 0.25) is 0 Å². The number of nitrogens with two attached hydrogens (primary N) is 1. The monoisotopic (exact) mass is 212 g/mol. The number of ether oxygens (including phenoxy) is 1. The van der Waals surface area contributed by atoms with E-state index in [1.165, 1.54) is 0 Å². The molecule has 0 fully saturated rings. The third kappa shape index (κ3) is 4.48. The quantitative estimate of drug-likeness (QED) is 0.732. The summed E-state index contributed by atoms with van der Waals surface area (Å²) in [5.41, 5.74) is 6.62. The van der Waals surface area contributed by atoms with Crippen LogP contribution in [0.4, 0.5) is 5.82 Å². The van der Waals surface area contributed by atoms with Crippen LogP contribution in [-0.4, -0.2) is 24.5 Å². The van der Waals surface area contributed by atoms with Crippen LogP contribution >= 0.6 is 11.8 Å². The molecular weight excluding hydrogens is 196 g/mol. The molecule has 0 unspecified atom stereocenters. The van der Waals surface area contributed by atoms with Gasteiger partial charge in [0.1, 0.15) is 5.82 Å². The van der Waals surface area contributed by atoms with E-state index in [9.17, 15) is 0 Å². The van der Waals surface area contributed by atoms with Crippen LogP contribution in [-0.2, 0) is 10.5 Å². The summed E-state index contributed by atoms with van der Waals surface area (Å²) in [6.45, 7) is 0.831. The molecule has 0 radical (unpaired) electrons. The van der Waals surface area contributed by atoms with Gasteiger partial charge in [-0.15, -0.1) is 0 Å². The summed E-state index contributed by atoms with van der Waals surface area (Å²) in [6, 6.07) is 5.74. The minimum absolute atomic E-state index is 0.597. The van der Waals surface area contributed by atoms with Gasteiger partial charge in [-0.25, -0.2) is 4.98 Å². The lowest BCUT2D eigenvalue weighted by molar-refractivity contribution is 0.200. The third-order valence-corrected chi connectivity index (χ3v) is 2.79. The molecule has 1 rings (SSSR count). The number of hydrogen-bond donors (Lipinski definition) is 1. The third-order valence-electron chi connectivity index (χ3n) is 1.72. The molecule has 1 aromatic heterocycles. The van der Waals surface area contributed by atoms with Gasteiger partial charge < -0.3 is 10.5 Å². The highest BCUT2D eigenvalue weighted by Crippen LogP contribution is 2.12. The minimum atomic E-state index is 0.597. The first-order chi connectivity index (χ1) is 6.83. The second-order valence-corrected chi connectivity index (χ2v) is 4.06. The number of aromatic nitrogens is 1. The summed E-state index contributed by atoms with van der Waals surface area (Å²) in [6.07, 6.45) is 1.09. The molecule has 0 saturated heterocycles. The van der Waals surface area contributed by atoms with E-state index in [1.54, 1.807) is 13.2 Å². The highest BCUT2D eigenvalue weighted by Gasteiger charge is 1.95. The van der Waals surface area contributed by atoms with E-state index in [0.717, 1.165) is 30.2 Å². The van der Waals surface area contributed by atoms with Gasteiger partial charge >= 0.3 is 0 Å². The Hall–Kier alpha value is -0.740. The van der Waals surface area contributed by atoms with Gasteiger partial charge in [-0.1, -0.05) is 6.07 Å². The van der Waals surface area contributed by atoms with Crippen molar-refractivity contribution < 1.29 is 4.74 Å². The van der Waals surface area contributed by atoms with Crippen LogP contribution in [0.15, 0.2) is 18.2 Å². The number of thioether (sulfide) groups is 1. The normalized spacial score (nSPS) is 10.4. The van der Waals surface area contributed by atoms with Crippen molar-refractivity contribution in [3.05, 3.63) is 23.9 Å². The molecule has 78 valence electrons. The predicted molar refractivity (Wildman–Crippen MR) is 61.3 cm³/mol. The van der Waals surface area contributed by atoms with Crippen LogP contribution in [0.5, 0.6) is 0 Å². The summed E-state index contributed by atoms with van der Waals surface area (Å²) in [4.78, 5) is 4.22. The van der Waals surface area contributed by atoms with E-state index in [1.807, 2.05) is 23.9 Å². The van der Waals surface area contributed by atoms with Crippen molar-refractivity contribution in [2.75, 3.05) is 25.2 Å². The van der Waals surface area contributed by atoms with Gasteiger partial charge in [0, 0.05) is 19.5 Å². The number of pyridine rings is 1. The molecule has 1 heterocycles. The number of anilines is 1. The zero-order valence-electron chi connectivity index (χ0n) is 8.40. The summed E-state index contributed by atoms with van der Waals surface area (Å²) in [5.74, 6) is 2.62. The first-order valence-corrected chi connectivity index (χ1v) is 5.76. The Morgan fingerprint density at radius 2 is 2.36 bits per heavy atom. The van der Waals surface area contributed by atoms with E-state index in [0.29, 0.717) is 5.82 Å². The standard InChI is InChI=1S/C10H16N2OS/c1-13-6-3-7-14-8-9-4-2-5-10(11)12-9/h2,4-5H,3,6-8H2,1H3,(H2,11,12). The molecule has 0 spiro atoms. The SMILES string of the molecule is COCCCSCc1cccc(N)n1. The van der Waals surface area contributed by atoms with Crippen molar-refractivity contribution in [2.24, 2.45) is 0 Å². The van der Waals surface area contributed by atoms with Gasteiger partial charge in [0.05, 0.1) is 5.69 Å². The van der Waals surface area contributed by atoms with Crippen LogP contribution < -0.4 is 5.73 Å². The van der Waals surface area contributed by atoms with Crippen molar-refractivity contribution in [1.82, 2.24) is 4.98 Å². The number of hydrogen-bond acceptors (Lipinski definition) is 4. The molecule has 0 aliphatic carbocycles.